The SMILES string of the molecule is ClCCCOP(OCCCCl)c1ccccc1. The van der Waals surface area contributed by atoms with Gasteiger partial charge >= 0.3 is 0 Å². The van der Waals surface area contributed by atoms with Gasteiger partial charge in [-0.2, -0.15) is 0 Å². The quantitative estimate of drug-likeness (QED) is 0.390. The molecule has 0 saturated carbocycles. The average Bonchev–Trinajstić information content (AvgIpc) is 2.38. The Morgan fingerprint density at radius 2 is 1.41 bits per heavy atom. The van der Waals surface area contributed by atoms with Crippen LogP contribution in [-0.2, 0) is 9.05 Å². The van der Waals surface area contributed by atoms with E-state index in [-0.39, 0.29) is 0 Å². The van der Waals surface area contributed by atoms with E-state index in [4.69, 9.17) is 32.2 Å². The Morgan fingerprint density at radius 3 is 1.88 bits per heavy atom. The molecule has 0 aliphatic carbocycles. The van der Waals surface area contributed by atoms with Gasteiger partial charge in [-0.25, -0.2) is 0 Å². The van der Waals surface area contributed by atoms with Crippen molar-refractivity contribution in [1.82, 2.24) is 0 Å². The predicted molar refractivity (Wildman–Crippen MR) is 75.6 cm³/mol. The van der Waals surface area contributed by atoms with Crippen molar-refractivity contribution in [2.24, 2.45) is 0 Å². The maximum Gasteiger partial charge on any atom is 0.205 e. The predicted octanol–water partition coefficient (Wildman–Crippen LogP) is 3.91. The fourth-order valence-corrected chi connectivity index (χ4v) is 2.74. The van der Waals surface area contributed by atoms with E-state index in [0.29, 0.717) is 25.0 Å². The van der Waals surface area contributed by atoms with Crippen molar-refractivity contribution in [2.45, 2.75) is 12.8 Å². The van der Waals surface area contributed by atoms with Crippen LogP contribution in [0.15, 0.2) is 30.3 Å². The lowest BCUT2D eigenvalue weighted by Crippen LogP contribution is -2.07. The topological polar surface area (TPSA) is 18.5 Å². The maximum absolute atomic E-state index is 5.73. The summed E-state index contributed by atoms with van der Waals surface area (Å²) in [5.41, 5.74) is 0. The van der Waals surface area contributed by atoms with Crippen LogP contribution in [0.4, 0.5) is 0 Å². The molecule has 17 heavy (non-hydrogen) atoms. The summed E-state index contributed by atoms with van der Waals surface area (Å²) in [7, 11) is -0.996. The van der Waals surface area contributed by atoms with Gasteiger partial charge in [0, 0.05) is 17.1 Å². The minimum Gasteiger partial charge on any atom is -0.331 e. The van der Waals surface area contributed by atoms with E-state index in [2.05, 4.69) is 0 Å². The lowest BCUT2D eigenvalue weighted by molar-refractivity contribution is 0.257. The third-order valence-corrected chi connectivity index (χ3v) is 4.03. The number of hydrogen-bond acceptors (Lipinski definition) is 2. The molecule has 0 amide bonds. The second-order valence-electron chi connectivity index (χ2n) is 3.34. The van der Waals surface area contributed by atoms with Gasteiger partial charge < -0.3 is 9.05 Å². The van der Waals surface area contributed by atoms with Gasteiger partial charge in [-0.3, -0.25) is 0 Å². The zero-order valence-corrected chi connectivity index (χ0v) is 12.1. The Hall–Kier alpha value is 0.150. The minimum absolute atomic E-state index is 0.611. The van der Waals surface area contributed by atoms with Crippen LogP contribution in [0.1, 0.15) is 12.8 Å². The lowest BCUT2D eigenvalue weighted by Gasteiger charge is -2.17. The maximum atomic E-state index is 5.73. The van der Waals surface area contributed by atoms with Crippen molar-refractivity contribution < 1.29 is 9.05 Å². The summed E-state index contributed by atoms with van der Waals surface area (Å²) in [4.78, 5) is 0. The molecule has 0 bridgehead atoms. The van der Waals surface area contributed by atoms with Crippen molar-refractivity contribution in [3.05, 3.63) is 30.3 Å². The molecule has 0 aliphatic rings. The van der Waals surface area contributed by atoms with Crippen LogP contribution in [0.5, 0.6) is 0 Å². The second kappa shape index (κ2) is 10.1. The second-order valence-corrected chi connectivity index (χ2v) is 5.65. The van der Waals surface area contributed by atoms with Gasteiger partial charge in [-0.05, 0) is 25.0 Å². The molecule has 0 saturated heterocycles. The molecule has 1 rings (SSSR count). The number of hydrogen-bond donors (Lipinski definition) is 0. The van der Waals surface area contributed by atoms with Gasteiger partial charge in [0.25, 0.3) is 0 Å². The number of halogens is 2. The molecule has 0 heterocycles. The molecule has 0 aliphatic heterocycles. The van der Waals surface area contributed by atoms with Gasteiger partial charge in [0.15, 0.2) is 0 Å². The van der Waals surface area contributed by atoms with E-state index >= 15 is 0 Å². The molecule has 1 aromatic rings. The fraction of sp³-hybridized carbons (Fsp3) is 0.500. The van der Waals surface area contributed by atoms with Crippen molar-refractivity contribution in [3.8, 4) is 0 Å². The highest BCUT2D eigenvalue weighted by molar-refractivity contribution is 7.56. The minimum atomic E-state index is -0.996. The van der Waals surface area contributed by atoms with Crippen LogP contribution < -0.4 is 5.30 Å². The highest BCUT2D eigenvalue weighted by Crippen LogP contribution is 2.37. The third-order valence-electron chi connectivity index (χ3n) is 1.94. The molecule has 0 spiro atoms. The van der Waals surface area contributed by atoms with E-state index < -0.39 is 8.38 Å². The first-order valence-electron chi connectivity index (χ1n) is 5.61. The Balaban J connectivity index is 2.46. The molecule has 0 aromatic heterocycles. The molecule has 0 atom stereocenters. The Bertz CT molecular complexity index is 275. The monoisotopic (exact) mass is 294 g/mol. The zero-order chi connectivity index (χ0) is 12.3. The summed E-state index contributed by atoms with van der Waals surface area (Å²) in [5.74, 6) is 1.22. The van der Waals surface area contributed by atoms with Crippen molar-refractivity contribution in [1.29, 1.82) is 0 Å². The van der Waals surface area contributed by atoms with Crippen LogP contribution >= 0.6 is 31.6 Å². The first-order valence-corrected chi connectivity index (χ1v) is 7.86. The van der Waals surface area contributed by atoms with Gasteiger partial charge in [0.1, 0.15) is 0 Å². The van der Waals surface area contributed by atoms with Gasteiger partial charge in [-0.1, -0.05) is 18.2 Å². The molecular weight excluding hydrogens is 278 g/mol. The van der Waals surface area contributed by atoms with Gasteiger partial charge in [0.05, 0.1) is 13.2 Å². The van der Waals surface area contributed by atoms with E-state index in [9.17, 15) is 0 Å². The van der Waals surface area contributed by atoms with E-state index in [1.54, 1.807) is 0 Å². The first-order chi connectivity index (χ1) is 8.38. The van der Waals surface area contributed by atoms with E-state index in [1.165, 1.54) is 0 Å². The largest absolute Gasteiger partial charge is 0.331 e. The van der Waals surface area contributed by atoms with Crippen LogP contribution in [0, 0.1) is 0 Å². The summed E-state index contributed by atoms with van der Waals surface area (Å²) in [5, 5.41) is 1.09. The number of benzene rings is 1. The lowest BCUT2D eigenvalue weighted by atomic mass is 10.4. The molecule has 0 radical (unpaired) electrons. The van der Waals surface area contributed by atoms with Crippen LogP contribution in [0.3, 0.4) is 0 Å². The molecule has 0 unspecified atom stereocenters. The summed E-state index contributed by atoms with van der Waals surface area (Å²) in [6.07, 6.45) is 1.68. The molecule has 0 fully saturated rings. The molecule has 0 N–H and O–H groups in total. The van der Waals surface area contributed by atoms with E-state index in [0.717, 1.165) is 18.1 Å². The van der Waals surface area contributed by atoms with Crippen LogP contribution in [0.2, 0.25) is 0 Å². The normalized spacial score (nSPS) is 11.0. The fourth-order valence-electron chi connectivity index (χ4n) is 1.14. The van der Waals surface area contributed by atoms with Crippen LogP contribution in [0.25, 0.3) is 0 Å². The summed E-state index contributed by atoms with van der Waals surface area (Å²) < 4.78 is 11.5. The molecular formula is C12H17Cl2O2P. The Morgan fingerprint density at radius 1 is 0.882 bits per heavy atom. The number of alkyl halides is 2. The molecule has 2 nitrogen and oxygen atoms in total. The highest BCUT2D eigenvalue weighted by atomic mass is 35.5. The summed E-state index contributed by atoms with van der Waals surface area (Å²) >= 11 is 11.3. The number of rotatable bonds is 9. The van der Waals surface area contributed by atoms with Crippen LogP contribution in [-0.4, -0.2) is 25.0 Å². The smallest absolute Gasteiger partial charge is 0.205 e. The average molecular weight is 295 g/mol. The van der Waals surface area contributed by atoms with Crippen molar-refractivity contribution in [2.75, 3.05) is 25.0 Å². The molecule has 1 aromatic carbocycles. The highest BCUT2D eigenvalue weighted by Gasteiger charge is 2.12. The standard InChI is InChI=1S/C12H17Cl2O2P/c13-8-4-10-15-17(16-11-5-9-14)12-6-2-1-3-7-12/h1-3,6-7H,4-5,8-11H2. The van der Waals surface area contributed by atoms with Gasteiger partial charge in [0.2, 0.25) is 8.38 Å². The van der Waals surface area contributed by atoms with Crippen molar-refractivity contribution >= 4 is 36.9 Å². The van der Waals surface area contributed by atoms with Crippen molar-refractivity contribution in [3.63, 3.8) is 0 Å². The molecule has 5 heteroatoms. The summed E-state index contributed by atoms with van der Waals surface area (Å²) in [6.45, 7) is 1.26. The summed E-state index contributed by atoms with van der Waals surface area (Å²) in [6, 6.07) is 10.00. The third kappa shape index (κ3) is 6.59. The Kier molecular flexibility index (Phi) is 9.04. The Labute approximate surface area is 114 Å². The van der Waals surface area contributed by atoms with Gasteiger partial charge in [-0.15, -0.1) is 23.2 Å². The zero-order valence-electron chi connectivity index (χ0n) is 9.65. The first kappa shape index (κ1) is 15.2. The molecule has 96 valence electrons. The van der Waals surface area contributed by atoms with E-state index in [1.807, 2.05) is 30.3 Å².